The van der Waals surface area contributed by atoms with E-state index in [1.54, 1.807) is 0 Å². The predicted octanol–water partition coefficient (Wildman–Crippen LogP) is 5.41. The Balaban J connectivity index is 2.04. The largest absolute Gasteiger partial charge is 0.299 e. The number of hydrogen-bond acceptors (Lipinski definition) is 3. The van der Waals surface area contributed by atoms with Crippen LogP contribution in [0.25, 0.3) is 0 Å². The lowest BCUT2D eigenvalue weighted by atomic mass is 9.89. The third-order valence-corrected chi connectivity index (χ3v) is 6.30. The fourth-order valence-corrected chi connectivity index (χ4v) is 4.86. The molecular formula is C18H25NS2. The molecule has 114 valence electrons. The van der Waals surface area contributed by atoms with Crippen LogP contribution in [0.5, 0.6) is 0 Å². The normalized spacial score (nSPS) is 14.3. The lowest BCUT2D eigenvalue weighted by Crippen LogP contribution is -2.40. The highest BCUT2D eigenvalue weighted by Gasteiger charge is 2.33. The predicted molar refractivity (Wildman–Crippen MR) is 96.5 cm³/mol. The maximum absolute atomic E-state index is 2.40. The molecule has 1 aromatic heterocycles. The molecule has 0 aliphatic carbocycles. The smallest absolute Gasteiger partial charge is 0.0554 e. The number of benzene rings is 1. The van der Waals surface area contributed by atoms with Crippen molar-refractivity contribution in [2.24, 2.45) is 0 Å². The van der Waals surface area contributed by atoms with Gasteiger partial charge in [0, 0.05) is 15.5 Å². The second kappa shape index (κ2) is 7.48. The summed E-state index contributed by atoms with van der Waals surface area (Å²) >= 11 is 3.84. The van der Waals surface area contributed by atoms with E-state index in [0.717, 1.165) is 12.2 Å². The molecule has 2 aromatic rings. The zero-order valence-electron chi connectivity index (χ0n) is 13.4. The van der Waals surface area contributed by atoms with E-state index < -0.39 is 0 Å². The molecule has 3 heteroatoms. The van der Waals surface area contributed by atoms with Gasteiger partial charge in [0.2, 0.25) is 0 Å². The Hall–Kier alpha value is -0.770. The van der Waals surface area contributed by atoms with Gasteiger partial charge in [0.25, 0.3) is 0 Å². The summed E-state index contributed by atoms with van der Waals surface area (Å²) in [6.07, 6.45) is 2.32. The highest BCUT2D eigenvalue weighted by molar-refractivity contribution is 7.99. The molecule has 2 rings (SSSR count). The average molecular weight is 320 g/mol. The first kappa shape index (κ1) is 16.6. The van der Waals surface area contributed by atoms with Crippen LogP contribution in [0.3, 0.4) is 0 Å². The molecule has 1 nitrogen and oxygen atoms in total. The Bertz CT molecular complexity index is 531. The van der Waals surface area contributed by atoms with Crippen molar-refractivity contribution in [3.63, 3.8) is 0 Å². The topological polar surface area (TPSA) is 3.24 Å². The van der Waals surface area contributed by atoms with Gasteiger partial charge in [-0.3, -0.25) is 4.90 Å². The van der Waals surface area contributed by atoms with Gasteiger partial charge in [-0.25, -0.2) is 0 Å². The Kier molecular flexibility index (Phi) is 5.91. The fourth-order valence-electron chi connectivity index (χ4n) is 2.75. The van der Waals surface area contributed by atoms with Crippen LogP contribution in [0.2, 0.25) is 0 Å². The third-order valence-electron chi connectivity index (χ3n) is 4.23. The lowest BCUT2D eigenvalue weighted by Gasteiger charge is -2.38. The molecule has 0 N–H and O–H groups in total. The van der Waals surface area contributed by atoms with Crippen molar-refractivity contribution in [1.29, 1.82) is 0 Å². The molecule has 0 aliphatic heterocycles. The SMILES string of the molecule is CCC(CCSc1ccc(C)cc1)(c1cccs1)N(C)C. The Morgan fingerprint density at radius 2 is 1.86 bits per heavy atom. The highest BCUT2D eigenvalue weighted by Crippen LogP contribution is 2.38. The minimum atomic E-state index is 0.172. The van der Waals surface area contributed by atoms with Crippen LogP contribution in [0, 0.1) is 6.92 Å². The molecule has 0 saturated heterocycles. The van der Waals surface area contributed by atoms with Crippen molar-refractivity contribution in [2.45, 2.75) is 37.1 Å². The zero-order valence-corrected chi connectivity index (χ0v) is 15.1. The van der Waals surface area contributed by atoms with Crippen LogP contribution in [-0.4, -0.2) is 24.7 Å². The van der Waals surface area contributed by atoms with Crippen molar-refractivity contribution in [1.82, 2.24) is 4.90 Å². The summed E-state index contributed by atoms with van der Waals surface area (Å²) in [7, 11) is 4.42. The third kappa shape index (κ3) is 3.91. The van der Waals surface area contributed by atoms with E-state index in [-0.39, 0.29) is 5.54 Å². The standard InChI is InChI=1S/C18H25NS2/c1-5-18(19(3)4,17-7-6-13-21-17)12-14-20-16-10-8-15(2)9-11-16/h6-11,13H,5,12,14H2,1-4H3. The lowest BCUT2D eigenvalue weighted by molar-refractivity contribution is 0.144. The molecule has 0 spiro atoms. The van der Waals surface area contributed by atoms with Gasteiger partial charge in [-0.2, -0.15) is 0 Å². The van der Waals surface area contributed by atoms with Crippen LogP contribution in [-0.2, 0) is 5.54 Å². The van der Waals surface area contributed by atoms with Gasteiger partial charge in [-0.05, 0) is 57.4 Å². The Labute approximate surface area is 137 Å². The van der Waals surface area contributed by atoms with Crippen molar-refractivity contribution in [3.05, 3.63) is 52.2 Å². The van der Waals surface area contributed by atoms with Gasteiger partial charge in [-0.15, -0.1) is 23.1 Å². The molecule has 0 amide bonds. The summed E-state index contributed by atoms with van der Waals surface area (Å²) in [4.78, 5) is 5.25. The number of rotatable bonds is 7. The van der Waals surface area contributed by atoms with Crippen LogP contribution < -0.4 is 0 Å². The number of thiophene rings is 1. The van der Waals surface area contributed by atoms with Crippen molar-refractivity contribution >= 4 is 23.1 Å². The molecule has 0 bridgehead atoms. The summed E-state index contributed by atoms with van der Waals surface area (Å²) in [6, 6.07) is 13.3. The fraction of sp³-hybridized carbons (Fsp3) is 0.444. The van der Waals surface area contributed by atoms with Gasteiger partial charge in [-0.1, -0.05) is 30.7 Å². The summed E-state index contributed by atoms with van der Waals surface area (Å²) in [5, 5.41) is 2.19. The summed E-state index contributed by atoms with van der Waals surface area (Å²) in [6.45, 7) is 4.44. The molecule has 0 saturated carbocycles. The number of nitrogens with zero attached hydrogens (tertiary/aromatic N) is 1. The molecule has 1 aromatic carbocycles. The van der Waals surface area contributed by atoms with Crippen LogP contribution in [0.4, 0.5) is 0 Å². The van der Waals surface area contributed by atoms with Gasteiger partial charge in [0.1, 0.15) is 0 Å². The first-order chi connectivity index (χ1) is 10.1. The molecule has 1 unspecified atom stereocenters. The maximum atomic E-state index is 2.40. The Morgan fingerprint density at radius 1 is 1.14 bits per heavy atom. The molecule has 0 fully saturated rings. The first-order valence-corrected chi connectivity index (χ1v) is 9.36. The highest BCUT2D eigenvalue weighted by atomic mass is 32.2. The van der Waals surface area contributed by atoms with Crippen LogP contribution in [0.15, 0.2) is 46.7 Å². The summed E-state index contributed by atoms with van der Waals surface area (Å²) in [5.41, 5.74) is 1.50. The second-order valence-corrected chi connectivity index (χ2v) is 7.78. The van der Waals surface area contributed by atoms with Crippen molar-refractivity contribution < 1.29 is 0 Å². The molecule has 1 heterocycles. The van der Waals surface area contributed by atoms with Gasteiger partial charge >= 0.3 is 0 Å². The Morgan fingerprint density at radius 3 is 2.38 bits per heavy atom. The van der Waals surface area contributed by atoms with E-state index in [1.165, 1.54) is 21.8 Å². The summed E-state index contributed by atoms with van der Waals surface area (Å²) in [5.74, 6) is 1.15. The zero-order chi connectivity index (χ0) is 15.3. The molecular weight excluding hydrogens is 294 g/mol. The molecule has 0 aliphatic rings. The van der Waals surface area contributed by atoms with Gasteiger partial charge in [0.15, 0.2) is 0 Å². The summed E-state index contributed by atoms with van der Waals surface area (Å²) < 4.78 is 0. The average Bonchev–Trinajstić information content (AvgIpc) is 3.00. The van der Waals surface area contributed by atoms with Crippen molar-refractivity contribution in [3.8, 4) is 0 Å². The van der Waals surface area contributed by atoms with E-state index in [2.05, 4.69) is 74.6 Å². The van der Waals surface area contributed by atoms with E-state index in [1.807, 2.05) is 23.1 Å². The van der Waals surface area contributed by atoms with E-state index >= 15 is 0 Å². The molecule has 21 heavy (non-hydrogen) atoms. The van der Waals surface area contributed by atoms with E-state index in [4.69, 9.17) is 0 Å². The maximum Gasteiger partial charge on any atom is 0.0554 e. The van der Waals surface area contributed by atoms with Gasteiger partial charge in [0.05, 0.1) is 5.54 Å². The second-order valence-electron chi connectivity index (χ2n) is 5.67. The molecule has 0 radical (unpaired) electrons. The van der Waals surface area contributed by atoms with Crippen molar-refractivity contribution in [2.75, 3.05) is 19.8 Å². The van der Waals surface area contributed by atoms with Crippen LogP contribution >= 0.6 is 23.1 Å². The van der Waals surface area contributed by atoms with E-state index in [9.17, 15) is 0 Å². The quantitative estimate of drug-likeness (QED) is 0.628. The van der Waals surface area contributed by atoms with E-state index in [0.29, 0.717) is 0 Å². The minimum absolute atomic E-state index is 0.172. The number of aryl methyl sites for hydroxylation is 1. The number of thioether (sulfide) groups is 1. The number of hydrogen-bond donors (Lipinski definition) is 0. The first-order valence-electron chi connectivity index (χ1n) is 7.49. The van der Waals surface area contributed by atoms with Gasteiger partial charge < -0.3 is 0 Å². The monoisotopic (exact) mass is 319 g/mol. The minimum Gasteiger partial charge on any atom is -0.299 e. The van der Waals surface area contributed by atoms with Crippen LogP contribution in [0.1, 0.15) is 30.2 Å². The molecule has 1 atom stereocenters.